The highest BCUT2D eigenvalue weighted by atomic mass is 15.2. The third-order valence-corrected chi connectivity index (χ3v) is 12.1. The third-order valence-electron chi connectivity index (χ3n) is 12.1. The predicted molar refractivity (Wildman–Crippen MR) is 205 cm³/mol. The van der Waals surface area contributed by atoms with E-state index in [9.17, 15) is 0 Å². The van der Waals surface area contributed by atoms with E-state index in [1.165, 1.54) is 50.5 Å². The van der Waals surface area contributed by atoms with E-state index in [0.29, 0.717) is 17.9 Å². The lowest BCUT2D eigenvalue weighted by atomic mass is 9.63. The van der Waals surface area contributed by atoms with E-state index in [0.717, 1.165) is 38.5 Å². The Morgan fingerprint density at radius 3 is 2.47 bits per heavy atom. The lowest BCUT2D eigenvalue weighted by Crippen LogP contribution is -2.39. The van der Waals surface area contributed by atoms with Gasteiger partial charge in [-0.1, -0.05) is 128 Å². The second-order valence-electron chi connectivity index (χ2n) is 14.6. The van der Waals surface area contributed by atoms with Gasteiger partial charge in [0.15, 0.2) is 0 Å². The molecule has 0 heterocycles. The summed E-state index contributed by atoms with van der Waals surface area (Å²) in [5, 5.41) is 3.87. The van der Waals surface area contributed by atoms with E-state index >= 15 is 0 Å². The summed E-state index contributed by atoms with van der Waals surface area (Å²) in [6, 6.07) is 27.9. The molecule has 5 atom stereocenters. The first kappa shape index (κ1) is 28.9. The number of allylic oxidation sites excluding steroid dienone is 14. The zero-order chi connectivity index (χ0) is 32.4. The average molecular weight is 635 g/mol. The van der Waals surface area contributed by atoms with Crippen LogP contribution in [-0.2, 0) is 5.41 Å². The minimum atomic E-state index is -0.221. The summed E-state index contributed by atoms with van der Waals surface area (Å²) in [4.78, 5) is 2.79. The van der Waals surface area contributed by atoms with Gasteiger partial charge in [0.2, 0.25) is 0 Å². The second kappa shape index (κ2) is 11.5. The van der Waals surface area contributed by atoms with Crippen LogP contribution in [0, 0.1) is 5.92 Å². The number of anilines is 2. The standard InChI is InChI=1S/C47H42N2/c1-3-17-33(18-4-1)48-34-29-30-38-37-22-9-11-24-40(37)47(43(38)31-34)41-25-12-10-23-39(41)46-42(47)26-14-28-45(46)49(35-19-5-2-6-20-35)44-27-13-16-32-15-7-8-21-36(32)44/h1-5,7,9-19,22-26,28-30,34,39,41,44,48H,6,8,20-21,27,31H2. The first-order chi connectivity index (χ1) is 24.3. The summed E-state index contributed by atoms with van der Waals surface area (Å²) in [7, 11) is 0. The fourth-order valence-corrected chi connectivity index (χ4v) is 10.3. The van der Waals surface area contributed by atoms with E-state index in [2.05, 4.69) is 162 Å². The number of hydrogen-bond donors (Lipinski definition) is 1. The summed E-state index contributed by atoms with van der Waals surface area (Å²) in [5.41, 5.74) is 15.8. The Hall–Kier alpha value is -5.08. The molecular weight excluding hydrogens is 593 g/mol. The van der Waals surface area contributed by atoms with Gasteiger partial charge in [0.1, 0.15) is 0 Å². The van der Waals surface area contributed by atoms with Gasteiger partial charge in [-0.2, -0.15) is 0 Å². The molecule has 3 aromatic rings. The topological polar surface area (TPSA) is 15.3 Å². The zero-order valence-corrected chi connectivity index (χ0v) is 27.9. The maximum Gasteiger partial charge on any atom is 0.0591 e. The van der Waals surface area contributed by atoms with E-state index in [-0.39, 0.29) is 11.5 Å². The maximum absolute atomic E-state index is 3.87. The highest BCUT2D eigenvalue weighted by molar-refractivity contribution is 5.91. The molecule has 0 fully saturated rings. The number of nitrogens with zero attached hydrogens (tertiary/aromatic N) is 1. The molecule has 5 unspecified atom stereocenters. The molecule has 10 rings (SSSR count). The number of para-hydroxylation sites is 1. The molecule has 1 N–H and O–H groups in total. The molecular formula is C47H42N2. The molecule has 2 nitrogen and oxygen atoms in total. The van der Waals surface area contributed by atoms with Gasteiger partial charge in [0.05, 0.1) is 11.5 Å². The van der Waals surface area contributed by atoms with Crippen molar-refractivity contribution in [3.8, 4) is 0 Å². The highest BCUT2D eigenvalue weighted by Gasteiger charge is 2.59. The van der Waals surface area contributed by atoms with Crippen molar-refractivity contribution in [2.45, 2.75) is 61.9 Å². The summed E-state index contributed by atoms with van der Waals surface area (Å²) >= 11 is 0. The van der Waals surface area contributed by atoms with Crippen LogP contribution in [0.4, 0.5) is 11.4 Å². The van der Waals surface area contributed by atoms with Gasteiger partial charge in [-0.25, -0.2) is 0 Å². The molecule has 240 valence electrons. The Morgan fingerprint density at radius 2 is 1.55 bits per heavy atom. The zero-order valence-electron chi connectivity index (χ0n) is 27.9. The fraction of sp³-hybridized carbons (Fsp3) is 0.234. The van der Waals surface area contributed by atoms with Gasteiger partial charge in [-0.05, 0) is 107 Å². The minimum Gasteiger partial charge on any atom is -0.379 e. The second-order valence-corrected chi connectivity index (χ2v) is 14.6. The highest BCUT2D eigenvalue weighted by Crippen LogP contribution is 2.67. The molecule has 0 aromatic heterocycles. The first-order valence-corrected chi connectivity index (χ1v) is 18.3. The molecule has 3 aromatic carbocycles. The quantitative estimate of drug-likeness (QED) is 0.300. The van der Waals surface area contributed by atoms with Gasteiger partial charge in [-0.3, -0.25) is 0 Å². The molecule has 2 heteroatoms. The van der Waals surface area contributed by atoms with Gasteiger partial charge in [0, 0.05) is 34.9 Å². The summed E-state index contributed by atoms with van der Waals surface area (Å²) in [6.07, 6.45) is 37.5. The molecule has 0 saturated heterocycles. The molecule has 1 spiro atoms. The van der Waals surface area contributed by atoms with Crippen molar-refractivity contribution < 1.29 is 0 Å². The van der Waals surface area contributed by atoms with Gasteiger partial charge in [0.25, 0.3) is 0 Å². The van der Waals surface area contributed by atoms with E-state index in [1.807, 2.05) is 0 Å². The Labute approximate surface area is 290 Å². The van der Waals surface area contributed by atoms with Crippen LogP contribution in [0.1, 0.15) is 66.7 Å². The Balaban J connectivity index is 1.18. The molecule has 0 saturated carbocycles. The third kappa shape index (κ3) is 4.32. The van der Waals surface area contributed by atoms with Crippen LogP contribution in [0.25, 0.3) is 5.57 Å². The van der Waals surface area contributed by atoms with Crippen molar-refractivity contribution in [2.75, 3.05) is 10.2 Å². The normalized spacial score (nSPS) is 28.3. The van der Waals surface area contributed by atoms with Crippen LogP contribution in [0.15, 0.2) is 174 Å². The largest absolute Gasteiger partial charge is 0.379 e. The van der Waals surface area contributed by atoms with Crippen LogP contribution >= 0.6 is 0 Å². The fourth-order valence-electron chi connectivity index (χ4n) is 10.3. The summed E-state index contributed by atoms with van der Waals surface area (Å²) in [5.74, 6) is 0.607. The first-order valence-electron chi connectivity index (χ1n) is 18.3. The predicted octanol–water partition coefficient (Wildman–Crippen LogP) is 11.0. The van der Waals surface area contributed by atoms with Gasteiger partial charge < -0.3 is 10.2 Å². The molecule has 7 aliphatic rings. The molecule has 49 heavy (non-hydrogen) atoms. The number of nitrogens with one attached hydrogen (secondary N) is 1. The average Bonchev–Trinajstić information content (AvgIpc) is 3.63. The van der Waals surface area contributed by atoms with Gasteiger partial charge >= 0.3 is 0 Å². The number of benzene rings is 3. The van der Waals surface area contributed by atoms with Crippen molar-refractivity contribution in [1.82, 2.24) is 0 Å². The van der Waals surface area contributed by atoms with Crippen LogP contribution < -0.4 is 10.2 Å². The van der Waals surface area contributed by atoms with Crippen LogP contribution in [0.3, 0.4) is 0 Å². The smallest absolute Gasteiger partial charge is 0.0591 e. The van der Waals surface area contributed by atoms with Crippen molar-refractivity contribution in [1.29, 1.82) is 0 Å². The van der Waals surface area contributed by atoms with E-state index < -0.39 is 0 Å². The molecule has 0 amide bonds. The molecule has 0 bridgehead atoms. The van der Waals surface area contributed by atoms with Gasteiger partial charge in [-0.15, -0.1) is 0 Å². The molecule has 0 aliphatic heterocycles. The number of hydrogen-bond acceptors (Lipinski definition) is 2. The Morgan fingerprint density at radius 1 is 0.714 bits per heavy atom. The van der Waals surface area contributed by atoms with Crippen molar-refractivity contribution >= 4 is 16.9 Å². The maximum atomic E-state index is 3.87. The van der Waals surface area contributed by atoms with Crippen LogP contribution in [0.5, 0.6) is 0 Å². The number of rotatable bonds is 5. The Kier molecular flexibility index (Phi) is 6.79. The lowest BCUT2D eigenvalue weighted by molar-refractivity contribution is 0.442. The van der Waals surface area contributed by atoms with Crippen LogP contribution in [0.2, 0.25) is 0 Å². The van der Waals surface area contributed by atoms with Crippen molar-refractivity contribution in [3.05, 3.63) is 196 Å². The summed E-state index contributed by atoms with van der Waals surface area (Å²) < 4.78 is 0. The van der Waals surface area contributed by atoms with Crippen LogP contribution in [-0.4, -0.2) is 12.1 Å². The molecule has 7 aliphatic carbocycles. The summed E-state index contributed by atoms with van der Waals surface area (Å²) in [6.45, 7) is 0. The SMILES string of the molecule is C1=CCCC(N(c2cccc3c2C2C=CC=CC2C32C3=C(C=CC(Nc4ccccc4)C3)c3ccccc32)C2CC=CC3=C2CCC=C3)=C1. The lowest BCUT2D eigenvalue weighted by Gasteiger charge is -2.41. The van der Waals surface area contributed by atoms with E-state index in [1.54, 1.807) is 11.1 Å². The van der Waals surface area contributed by atoms with Crippen molar-refractivity contribution in [2.24, 2.45) is 5.92 Å². The monoisotopic (exact) mass is 634 g/mol. The minimum absolute atomic E-state index is 0.221. The number of fused-ring (bicyclic) bond motifs is 9. The Bertz CT molecular complexity index is 2120. The molecule has 0 radical (unpaired) electrons. The van der Waals surface area contributed by atoms with Crippen molar-refractivity contribution in [3.63, 3.8) is 0 Å². The van der Waals surface area contributed by atoms with E-state index in [4.69, 9.17) is 0 Å².